The Morgan fingerprint density at radius 2 is 1.91 bits per heavy atom. The number of aromatic amines is 1. The van der Waals surface area contributed by atoms with Crippen molar-refractivity contribution in [1.82, 2.24) is 9.97 Å². The van der Waals surface area contributed by atoms with E-state index >= 15 is 0 Å². The minimum atomic E-state index is -0.183. The number of H-pyrrole nitrogens is 1. The Kier molecular flexibility index (Phi) is 4.05. The van der Waals surface area contributed by atoms with Gasteiger partial charge in [-0.1, -0.05) is 47.5 Å². The first-order valence-electron chi connectivity index (χ1n) is 6.76. The summed E-state index contributed by atoms with van der Waals surface area (Å²) in [5, 5.41) is 4.69. The minimum Gasteiger partial charge on any atom is -0.349 e. The largest absolute Gasteiger partial charge is 0.349 e. The predicted molar refractivity (Wildman–Crippen MR) is 90.9 cm³/mol. The normalized spacial score (nSPS) is 12.3. The smallest absolute Gasteiger partial charge is 0.260 e. The van der Waals surface area contributed by atoms with Gasteiger partial charge in [-0.25, -0.2) is 4.98 Å². The summed E-state index contributed by atoms with van der Waals surface area (Å²) >= 11 is 12.2. The molecule has 0 fully saturated rings. The van der Waals surface area contributed by atoms with Crippen molar-refractivity contribution in [2.24, 2.45) is 0 Å². The highest BCUT2D eigenvalue weighted by Crippen LogP contribution is 2.30. The third-order valence-corrected chi connectivity index (χ3v) is 4.25. The fraction of sp³-hybridized carbons (Fsp3) is 0.125. The van der Waals surface area contributed by atoms with Crippen LogP contribution in [0.15, 0.2) is 47.3 Å². The second kappa shape index (κ2) is 5.99. The van der Waals surface area contributed by atoms with E-state index in [9.17, 15) is 4.79 Å². The Labute approximate surface area is 137 Å². The van der Waals surface area contributed by atoms with Gasteiger partial charge >= 0.3 is 0 Å². The summed E-state index contributed by atoms with van der Waals surface area (Å²) in [7, 11) is 0. The molecule has 1 atom stereocenters. The van der Waals surface area contributed by atoms with Crippen LogP contribution in [0.1, 0.15) is 18.5 Å². The number of halogens is 2. The Morgan fingerprint density at radius 1 is 1.14 bits per heavy atom. The highest BCUT2D eigenvalue weighted by atomic mass is 35.5. The standard InChI is InChI=1S/C16H13Cl2N3O/c1-9(10-6-4-7-12(17)14(10)18)19-16-20-13-8-3-2-5-11(13)15(22)21-16/h2-9H,1H3,(H2,19,20,21,22). The number of aromatic nitrogens is 2. The molecular formula is C16H13Cl2N3O. The fourth-order valence-corrected chi connectivity index (χ4v) is 2.76. The topological polar surface area (TPSA) is 57.8 Å². The zero-order valence-corrected chi connectivity index (χ0v) is 13.2. The Hall–Kier alpha value is -2.04. The molecule has 6 heteroatoms. The van der Waals surface area contributed by atoms with Crippen molar-refractivity contribution < 1.29 is 0 Å². The summed E-state index contributed by atoms with van der Waals surface area (Å²) < 4.78 is 0. The molecule has 1 heterocycles. The highest BCUT2D eigenvalue weighted by Gasteiger charge is 2.13. The lowest BCUT2D eigenvalue weighted by molar-refractivity contribution is 0.861. The molecule has 3 aromatic rings. The van der Waals surface area contributed by atoms with Gasteiger partial charge in [0.25, 0.3) is 5.56 Å². The molecule has 2 N–H and O–H groups in total. The zero-order valence-electron chi connectivity index (χ0n) is 11.7. The van der Waals surface area contributed by atoms with E-state index in [4.69, 9.17) is 23.2 Å². The Bertz CT molecular complexity index is 892. The van der Waals surface area contributed by atoms with Gasteiger partial charge in [0.15, 0.2) is 0 Å². The van der Waals surface area contributed by atoms with Gasteiger partial charge in [-0.3, -0.25) is 9.78 Å². The van der Waals surface area contributed by atoms with E-state index in [1.54, 1.807) is 24.3 Å². The molecule has 0 aliphatic carbocycles. The van der Waals surface area contributed by atoms with Crippen LogP contribution in [0.4, 0.5) is 5.95 Å². The lowest BCUT2D eigenvalue weighted by atomic mass is 10.1. The molecule has 0 saturated heterocycles. The molecule has 2 aromatic carbocycles. The molecule has 0 spiro atoms. The molecule has 1 unspecified atom stereocenters. The van der Waals surface area contributed by atoms with Crippen molar-refractivity contribution >= 4 is 40.1 Å². The van der Waals surface area contributed by atoms with Crippen molar-refractivity contribution in [1.29, 1.82) is 0 Å². The number of anilines is 1. The molecule has 0 bridgehead atoms. The van der Waals surface area contributed by atoms with Crippen LogP contribution in [0.3, 0.4) is 0 Å². The molecule has 4 nitrogen and oxygen atoms in total. The zero-order chi connectivity index (χ0) is 15.7. The van der Waals surface area contributed by atoms with E-state index in [1.165, 1.54) is 0 Å². The number of hydrogen-bond acceptors (Lipinski definition) is 3. The van der Waals surface area contributed by atoms with E-state index in [-0.39, 0.29) is 11.6 Å². The summed E-state index contributed by atoms with van der Waals surface area (Å²) in [5.74, 6) is 0.396. The monoisotopic (exact) mass is 333 g/mol. The van der Waals surface area contributed by atoms with Crippen LogP contribution >= 0.6 is 23.2 Å². The van der Waals surface area contributed by atoms with Crippen LogP contribution in [-0.2, 0) is 0 Å². The maximum absolute atomic E-state index is 12.1. The van der Waals surface area contributed by atoms with Gasteiger partial charge < -0.3 is 5.32 Å². The second-order valence-electron chi connectivity index (χ2n) is 4.94. The van der Waals surface area contributed by atoms with Crippen LogP contribution in [0.5, 0.6) is 0 Å². The Morgan fingerprint density at radius 3 is 2.73 bits per heavy atom. The summed E-state index contributed by atoms with van der Waals surface area (Å²) in [6.07, 6.45) is 0. The van der Waals surface area contributed by atoms with E-state index in [1.807, 2.05) is 25.1 Å². The van der Waals surface area contributed by atoms with Gasteiger partial charge in [-0.2, -0.15) is 0 Å². The molecule has 3 rings (SSSR count). The molecule has 0 saturated carbocycles. The first-order chi connectivity index (χ1) is 10.6. The van der Waals surface area contributed by atoms with Crippen molar-refractivity contribution in [3.63, 3.8) is 0 Å². The third-order valence-electron chi connectivity index (χ3n) is 3.41. The number of hydrogen-bond donors (Lipinski definition) is 2. The summed E-state index contributed by atoms with van der Waals surface area (Å²) in [6, 6.07) is 12.5. The molecule has 0 aliphatic heterocycles. The van der Waals surface area contributed by atoms with Gasteiger partial charge in [0, 0.05) is 0 Å². The van der Waals surface area contributed by atoms with Crippen molar-refractivity contribution in [2.45, 2.75) is 13.0 Å². The van der Waals surface area contributed by atoms with Crippen LogP contribution < -0.4 is 10.9 Å². The third kappa shape index (κ3) is 2.80. The summed E-state index contributed by atoms with van der Waals surface area (Å²) in [6.45, 7) is 1.92. The average molecular weight is 334 g/mol. The van der Waals surface area contributed by atoms with Gasteiger partial charge in [-0.05, 0) is 30.7 Å². The second-order valence-corrected chi connectivity index (χ2v) is 5.73. The number of para-hydroxylation sites is 1. The van der Waals surface area contributed by atoms with E-state index < -0.39 is 0 Å². The van der Waals surface area contributed by atoms with Crippen LogP contribution in [0.25, 0.3) is 10.9 Å². The van der Waals surface area contributed by atoms with Crippen LogP contribution in [-0.4, -0.2) is 9.97 Å². The maximum atomic E-state index is 12.1. The molecule has 1 aromatic heterocycles. The first kappa shape index (κ1) is 14.9. The van der Waals surface area contributed by atoms with Gasteiger partial charge in [-0.15, -0.1) is 0 Å². The van der Waals surface area contributed by atoms with Gasteiger partial charge in [0.2, 0.25) is 5.95 Å². The maximum Gasteiger partial charge on any atom is 0.260 e. The number of nitrogens with zero attached hydrogens (tertiary/aromatic N) is 1. The highest BCUT2D eigenvalue weighted by molar-refractivity contribution is 6.42. The van der Waals surface area contributed by atoms with Gasteiger partial charge in [0.1, 0.15) is 0 Å². The summed E-state index contributed by atoms with van der Waals surface area (Å²) in [5.41, 5.74) is 1.29. The number of rotatable bonds is 3. The Balaban J connectivity index is 1.96. The molecule has 0 amide bonds. The van der Waals surface area contributed by atoms with E-state index in [0.717, 1.165) is 5.56 Å². The SMILES string of the molecule is CC(Nc1nc2ccccc2c(=O)[nH]1)c1cccc(Cl)c1Cl. The number of nitrogens with one attached hydrogen (secondary N) is 2. The lowest BCUT2D eigenvalue weighted by Gasteiger charge is -2.16. The molecule has 22 heavy (non-hydrogen) atoms. The lowest BCUT2D eigenvalue weighted by Crippen LogP contribution is -2.15. The van der Waals surface area contributed by atoms with Crippen molar-refractivity contribution in [3.05, 3.63) is 68.4 Å². The molecule has 112 valence electrons. The van der Waals surface area contributed by atoms with Crippen molar-refractivity contribution in [3.8, 4) is 0 Å². The molecular weight excluding hydrogens is 321 g/mol. The first-order valence-corrected chi connectivity index (χ1v) is 7.51. The minimum absolute atomic E-state index is 0.157. The van der Waals surface area contributed by atoms with Crippen LogP contribution in [0.2, 0.25) is 10.0 Å². The van der Waals surface area contributed by atoms with Crippen LogP contribution in [0, 0.1) is 0 Å². The number of fused-ring (bicyclic) bond motifs is 1. The van der Waals surface area contributed by atoms with E-state index in [0.29, 0.717) is 26.9 Å². The number of benzene rings is 2. The predicted octanol–water partition coefficient (Wildman–Crippen LogP) is 4.40. The fourth-order valence-electron chi connectivity index (χ4n) is 2.29. The molecule has 0 aliphatic rings. The summed E-state index contributed by atoms with van der Waals surface area (Å²) in [4.78, 5) is 19.2. The van der Waals surface area contributed by atoms with Crippen molar-refractivity contribution in [2.75, 3.05) is 5.32 Å². The van der Waals surface area contributed by atoms with Gasteiger partial charge in [0.05, 0.1) is 27.0 Å². The molecule has 0 radical (unpaired) electrons. The quantitative estimate of drug-likeness (QED) is 0.746. The average Bonchev–Trinajstić information content (AvgIpc) is 2.50. The van der Waals surface area contributed by atoms with E-state index in [2.05, 4.69) is 15.3 Å².